The Kier molecular flexibility index (Phi) is 9.46. The SMILES string of the molecule is CNCCN(C)C(=O)C(C)Oc1ccc(SC)cc1.Cl. The zero-order chi connectivity index (χ0) is 14.3. The predicted octanol–water partition coefficient (Wildman–Crippen LogP) is 2.28. The zero-order valence-electron chi connectivity index (χ0n) is 12.4. The molecule has 0 aliphatic carbocycles. The quantitative estimate of drug-likeness (QED) is 0.783. The van der Waals surface area contributed by atoms with E-state index in [4.69, 9.17) is 4.74 Å². The highest BCUT2D eigenvalue weighted by Crippen LogP contribution is 2.20. The average Bonchev–Trinajstić information content (AvgIpc) is 2.44. The molecule has 1 aromatic carbocycles. The molecule has 1 atom stereocenters. The number of nitrogens with one attached hydrogen (secondary N) is 1. The molecule has 1 unspecified atom stereocenters. The van der Waals surface area contributed by atoms with E-state index >= 15 is 0 Å². The monoisotopic (exact) mass is 318 g/mol. The topological polar surface area (TPSA) is 41.6 Å². The number of carbonyl (C=O) groups excluding carboxylic acids is 1. The summed E-state index contributed by atoms with van der Waals surface area (Å²) in [5, 5.41) is 3.02. The smallest absolute Gasteiger partial charge is 0.263 e. The molecule has 0 spiro atoms. The van der Waals surface area contributed by atoms with Crippen molar-refractivity contribution in [2.24, 2.45) is 0 Å². The van der Waals surface area contributed by atoms with Crippen LogP contribution in [0.15, 0.2) is 29.2 Å². The predicted molar refractivity (Wildman–Crippen MR) is 87.1 cm³/mol. The van der Waals surface area contributed by atoms with Gasteiger partial charge in [-0.05, 0) is 44.5 Å². The van der Waals surface area contributed by atoms with Crippen molar-refractivity contribution in [3.63, 3.8) is 0 Å². The fourth-order valence-corrected chi connectivity index (χ4v) is 2.02. The van der Waals surface area contributed by atoms with Crippen molar-refractivity contribution >= 4 is 30.1 Å². The Hall–Kier alpha value is -0.910. The molecule has 6 heteroatoms. The molecule has 0 radical (unpaired) electrons. The summed E-state index contributed by atoms with van der Waals surface area (Å²) >= 11 is 1.68. The Labute approximate surface area is 131 Å². The van der Waals surface area contributed by atoms with Crippen molar-refractivity contribution in [2.45, 2.75) is 17.9 Å². The van der Waals surface area contributed by atoms with E-state index in [0.29, 0.717) is 6.54 Å². The summed E-state index contributed by atoms with van der Waals surface area (Å²) in [6.07, 6.45) is 1.56. The van der Waals surface area contributed by atoms with Gasteiger partial charge in [-0.2, -0.15) is 0 Å². The minimum atomic E-state index is -0.470. The van der Waals surface area contributed by atoms with Gasteiger partial charge in [-0.15, -0.1) is 24.2 Å². The first-order chi connectivity index (χ1) is 9.08. The van der Waals surface area contributed by atoms with Crippen LogP contribution in [0.25, 0.3) is 0 Å². The molecular formula is C14H23ClN2O2S. The van der Waals surface area contributed by atoms with Gasteiger partial charge >= 0.3 is 0 Å². The molecule has 4 nitrogen and oxygen atoms in total. The fraction of sp³-hybridized carbons (Fsp3) is 0.500. The van der Waals surface area contributed by atoms with Crippen LogP contribution in [0.1, 0.15) is 6.92 Å². The lowest BCUT2D eigenvalue weighted by Gasteiger charge is -2.22. The Balaban J connectivity index is 0.00000361. The number of benzene rings is 1. The molecule has 1 aromatic rings. The molecule has 0 bridgehead atoms. The number of amides is 1. The van der Waals surface area contributed by atoms with Gasteiger partial charge in [0.05, 0.1) is 0 Å². The summed E-state index contributed by atoms with van der Waals surface area (Å²) in [7, 11) is 3.65. The number of carbonyl (C=O) groups is 1. The van der Waals surface area contributed by atoms with Crippen LogP contribution in [-0.4, -0.2) is 50.4 Å². The van der Waals surface area contributed by atoms with Gasteiger partial charge in [0, 0.05) is 25.0 Å². The first-order valence-electron chi connectivity index (χ1n) is 6.28. The third kappa shape index (κ3) is 6.03. The molecule has 114 valence electrons. The van der Waals surface area contributed by atoms with E-state index in [2.05, 4.69) is 5.32 Å². The number of likely N-dealkylation sites (N-methyl/N-ethyl adjacent to an activating group) is 2. The number of ether oxygens (including phenoxy) is 1. The molecule has 0 aliphatic rings. The highest BCUT2D eigenvalue weighted by molar-refractivity contribution is 7.98. The second-order valence-corrected chi connectivity index (χ2v) is 5.18. The largest absolute Gasteiger partial charge is 0.481 e. The number of nitrogens with zero attached hydrogens (tertiary/aromatic N) is 1. The van der Waals surface area contributed by atoms with Gasteiger partial charge in [-0.3, -0.25) is 4.79 Å². The van der Waals surface area contributed by atoms with Crippen LogP contribution < -0.4 is 10.1 Å². The van der Waals surface area contributed by atoms with E-state index in [1.54, 1.807) is 30.6 Å². The van der Waals surface area contributed by atoms with Crippen LogP contribution in [-0.2, 0) is 4.79 Å². The molecule has 1 rings (SSSR count). The summed E-state index contributed by atoms with van der Waals surface area (Å²) < 4.78 is 5.66. The minimum absolute atomic E-state index is 0. The average molecular weight is 319 g/mol. The number of halogens is 1. The third-order valence-electron chi connectivity index (χ3n) is 2.79. The maximum absolute atomic E-state index is 12.0. The number of hydrogen-bond donors (Lipinski definition) is 1. The maximum Gasteiger partial charge on any atom is 0.263 e. The number of thioether (sulfide) groups is 1. The van der Waals surface area contributed by atoms with Crippen LogP contribution in [0.5, 0.6) is 5.75 Å². The van der Waals surface area contributed by atoms with Crippen LogP contribution in [0.2, 0.25) is 0 Å². The first kappa shape index (κ1) is 19.1. The molecule has 0 aliphatic heterocycles. The summed E-state index contributed by atoms with van der Waals surface area (Å²) in [5.41, 5.74) is 0. The van der Waals surface area contributed by atoms with E-state index in [9.17, 15) is 4.79 Å². The Morgan fingerprint density at radius 3 is 2.50 bits per heavy atom. The summed E-state index contributed by atoms with van der Waals surface area (Å²) in [6.45, 7) is 3.23. The Morgan fingerprint density at radius 2 is 2.00 bits per heavy atom. The normalized spacial score (nSPS) is 11.4. The highest BCUT2D eigenvalue weighted by atomic mass is 35.5. The first-order valence-corrected chi connectivity index (χ1v) is 7.51. The molecule has 0 aromatic heterocycles. The summed E-state index contributed by atoms with van der Waals surface area (Å²) in [4.78, 5) is 14.9. The van der Waals surface area contributed by atoms with Crippen LogP contribution in [0.3, 0.4) is 0 Å². The van der Waals surface area contributed by atoms with E-state index in [-0.39, 0.29) is 18.3 Å². The molecule has 0 saturated heterocycles. The van der Waals surface area contributed by atoms with E-state index < -0.39 is 6.10 Å². The van der Waals surface area contributed by atoms with Gasteiger partial charge in [-0.1, -0.05) is 0 Å². The fourth-order valence-electron chi connectivity index (χ4n) is 1.61. The van der Waals surface area contributed by atoms with Crippen molar-refractivity contribution in [1.82, 2.24) is 10.2 Å². The highest BCUT2D eigenvalue weighted by Gasteiger charge is 2.18. The van der Waals surface area contributed by atoms with Crippen molar-refractivity contribution in [3.8, 4) is 5.75 Å². The molecule has 1 N–H and O–H groups in total. The summed E-state index contributed by atoms with van der Waals surface area (Å²) in [5.74, 6) is 0.713. The van der Waals surface area contributed by atoms with Gasteiger partial charge in [0.1, 0.15) is 5.75 Å². The maximum atomic E-state index is 12.0. The van der Waals surface area contributed by atoms with Gasteiger partial charge in [0.15, 0.2) is 6.10 Å². The number of hydrogen-bond acceptors (Lipinski definition) is 4. The van der Waals surface area contributed by atoms with E-state index in [1.807, 2.05) is 37.6 Å². The number of rotatable bonds is 7. The lowest BCUT2D eigenvalue weighted by atomic mass is 10.3. The summed E-state index contributed by atoms with van der Waals surface area (Å²) in [6, 6.07) is 7.76. The molecule has 0 fully saturated rings. The second kappa shape index (κ2) is 9.91. The van der Waals surface area contributed by atoms with Crippen molar-refractivity contribution in [3.05, 3.63) is 24.3 Å². The van der Waals surface area contributed by atoms with Crippen LogP contribution in [0, 0.1) is 0 Å². The molecule has 0 heterocycles. The molecule has 0 saturated carbocycles. The van der Waals surface area contributed by atoms with Crippen molar-refractivity contribution in [1.29, 1.82) is 0 Å². The second-order valence-electron chi connectivity index (χ2n) is 4.30. The Morgan fingerprint density at radius 1 is 1.40 bits per heavy atom. The van der Waals surface area contributed by atoms with Gasteiger partial charge in [0.25, 0.3) is 5.91 Å². The Bertz CT molecular complexity index is 401. The molecule has 20 heavy (non-hydrogen) atoms. The zero-order valence-corrected chi connectivity index (χ0v) is 14.0. The lowest BCUT2D eigenvalue weighted by molar-refractivity contribution is -0.136. The van der Waals surface area contributed by atoms with Gasteiger partial charge < -0.3 is 15.0 Å². The lowest BCUT2D eigenvalue weighted by Crippen LogP contribution is -2.40. The molecule has 1 amide bonds. The van der Waals surface area contributed by atoms with Crippen LogP contribution >= 0.6 is 24.2 Å². The third-order valence-corrected chi connectivity index (χ3v) is 3.54. The van der Waals surface area contributed by atoms with Gasteiger partial charge in [0.2, 0.25) is 0 Å². The van der Waals surface area contributed by atoms with Gasteiger partial charge in [-0.25, -0.2) is 0 Å². The van der Waals surface area contributed by atoms with Crippen molar-refractivity contribution < 1.29 is 9.53 Å². The van der Waals surface area contributed by atoms with E-state index in [0.717, 1.165) is 12.3 Å². The molecular weight excluding hydrogens is 296 g/mol. The van der Waals surface area contributed by atoms with Crippen LogP contribution in [0.4, 0.5) is 0 Å². The standard InChI is InChI=1S/C14H22N2O2S.ClH/c1-11(14(17)16(3)10-9-15-2)18-12-5-7-13(19-4)8-6-12;/h5-8,11,15H,9-10H2,1-4H3;1H. The minimum Gasteiger partial charge on any atom is -0.481 e. The van der Waals surface area contributed by atoms with E-state index in [1.165, 1.54) is 4.90 Å². The van der Waals surface area contributed by atoms with Crippen molar-refractivity contribution in [2.75, 3.05) is 33.4 Å².